The molecule has 9 heteroatoms. The van der Waals surface area contributed by atoms with E-state index in [4.69, 9.17) is 0 Å². The van der Waals surface area contributed by atoms with Crippen molar-refractivity contribution in [1.82, 2.24) is 4.72 Å². The van der Waals surface area contributed by atoms with Crippen molar-refractivity contribution in [2.45, 2.75) is 25.3 Å². The molecular weight excluding hydrogens is 302 g/mol. The standard InChI is InChI=1S/C11H11F4NO3S/c1-6-3-4-8(9(12)5-6)10(17)16-20(18,19)7(2)11(13,14)15/h3-5,7H,1-2H3,(H,16,17). The topological polar surface area (TPSA) is 63.2 Å². The minimum atomic E-state index is -5.03. The molecule has 0 aliphatic carbocycles. The molecule has 0 aliphatic heterocycles. The van der Waals surface area contributed by atoms with Crippen LogP contribution >= 0.6 is 0 Å². The van der Waals surface area contributed by atoms with Crippen LogP contribution in [0, 0.1) is 12.7 Å². The van der Waals surface area contributed by atoms with E-state index in [1.165, 1.54) is 17.7 Å². The van der Waals surface area contributed by atoms with Gasteiger partial charge in [0.15, 0.2) is 5.25 Å². The number of halogens is 4. The van der Waals surface area contributed by atoms with Crippen molar-refractivity contribution in [2.24, 2.45) is 0 Å². The fourth-order valence-corrected chi connectivity index (χ4v) is 2.15. The van der Waals surface area contributed by atoms with E-state index in [2.05, 4.69) is 0 Å². The largest absolute Gasteiger partial charge is 0.407 e. The van der Waals surface area contributed by atoms with Crippen molar-refractivity contribution in [3.8, 4) is 0 Å². The number of amides is 1. The number of carbonyl (C=O) groups is 1. The van der Waals surface area contributed by atoms with Gasteiger partial charge in [-0.1, -0.05) is 6.07 Å². The Morgan fingerprint density at radius 1 is 1.30 bits per heavy atom. The average molecular weight is 313 g/mol. The highest BCUT2D eigenvalue weighted by molar-refractivity contribution is 7.90. The van der Waals surface area contributed by atoms with Crippen LogP contribution in [0.4, 0.5) is 17.6 Å². The maximum absolute atomic E-state index is 13.4. The van der Waals surface area contributed by atoms with Crippen molar-refractivity contribution in [2.75, 3.05) is 0 Å². The molecule has 0 saturated heterocycles. The van der Waals surface area contributed by atoms with E-state index in [0.29, 0.717) is 12.5 Å². The molecule has 0 bridgehead atoms. The van der Waals surface area contributed by atoms with Crippen LogP contribution in [0.1, 0.15) is 22.8 Å². The number of hydrogen-bond acceptors (Lipinski definition) is 3. The summed E-state index contributed by atoms with van der Waals surface area (Å²) in [6.45, 7) is 1.92. The van der Waals surface area contributed by atoms with Gasteiger partial charge in [0.05, 0.1) is 5.56 Å². The number of benzene rings is 1. The Bertz CT molecular complexity index is 625. The number of aryl methyl sites for hydroxylation is 1. The van der Waals surface area contributed by atoms with Crippen LogP contribution in [0.5, 0.6) is 0 Å². The summed E-state index contributed by atoms with van der Waals surface area (Å²) in [5.41, 5.74) is -0.167. The van der Waals surface area contributed by atoms with Crippen molar-refractivity contribution < 1.29 is 30.8 Å². The third kappa shape index (κ3) is 3.69. The Labute approximate surface area is 112 Å². The lowest BCUT2D eigenvalue weighted by Crippen LogP contribution is -2.44. The molecule has 0 fully saturated rings. The molecule has 1 atom stereocenters. The van der Waals surface area contributed by atoms with Crippen LogP contribution in [0.2, 0.25) is 0 Å². The molecule has 1 unspecified atom stereocenters. The van der Waals surface area contributed by atoms with Crippen molar-refractivity contribution in [1.29, 1.82) is 0 Å². The first kappa shape index (κ1) is 16.4. The Morgan fingerprint density at radius 3 is 2.30 bits per heavy atom. The zero-order valence-electron chi connectivity index (χ0n) is 10.5. The Kier molecular flexibility index (Phi) is 4.42. The maximum Gasteiger partial charge on any atom is 0.407 e. The maximum atomic E-state index is 13.4. The molecule has 0 spiro atoms. The normalized spacial score (nSPS) is 13.9. The number of carbonyl (C=O) groups excluding carboxylic acids is 1. The fourth-order valence-electron chi connectivity index (χ4n) is 1.25. The van der Waals surface area contributed by atoms with Gasteiger partial charge < -0.3 is 0 Å². The first-order valence-corrected chi connectivity index (χ1v) is 6.88. The zero-order chi connectivity index (χ0) is 15.7. The second-order valence-electron chi connectivity index (χ2n) is 4.14. The van der Waals surface area contributed by atoms with Crippen LogP contribution in [-0.2, 0) is 10.0 Å². The molecule has 1 rings (SSSR count). The Hall–Kier alpha value is -1.64. The van der Waals surface area contributed by atoms with Crippen molar-refractivity contribution in [3.05, 3.63) is 35.1 Å². The highest BCUT2D eigenvalue weighted by atomic mass is 32.2. The van der Waals surface area contributed by atoms with Gasteiger partial charge in [0, 0.05) is 0 Å². The number of hydrogen-bond donors (Lipinski definition) is 1. The molecule has 0 radical (unpaired) electrons. The van der Waals surface area contributed by atoms with E-state index in [-0.39, 0.29) is 0 Å². The second kappa shape index (κ2) is 5.39. The van der Waals surface area contributed by atoms with Gasteiger partial charge in [-0.15, -0.1) is 0 Å². The van der Waals surface area contributed by atoms with Gasteiger partial charge in [-0.25, -0.2) is 17.5 Å². The number of alkyl halides is 3. The van der Waals surface area contributed by atoms with Crippen molar-refractivity contribution in [3.63, 3.8) is 0 Å². The summed E-state index contributed by atoms with van der Waals surface area (Å²) in [7, 11) is -4.98. The van der Waals surface area contributed by atoms with E-state index in [9.17, 15) is 30.8 Å². The van der Waals surface area contributed by atoms with Gasteiger partial charge >= 0.3 is 6.18 Å². The summed E-state index contributed by atoms with van der Waals surface area (Å²) in [5.74, 6) is -2.46. The molecule has 0 aliphatic rings. The Morgan fingerprint density at radius 2 is 1.85 bits per heavy atom. The van der Waals surface area contributed by atoms with Gasteiger partial charge in [0.2, 0.25) is 10.0 Å². The molecule has 1 N–H and O–H groups in total. The summed E-state index contributed by atoms with van der Waals surface area (Å²) in [5, 5.41) is -2.78. The lowest BCUT2D eigenvalue weighted by Gasteiger charge is -2.16. The molecule has 1 aromatic rings. The predicted molar refractivity (Wildman–Crippen MR) is 63.0 cm³/mol. The van der Waals surface area contributed by atoms with Gasteiger partial charge in [0.1, 0.15) is 5.82 Å². The first-order valence-electron chi connectivity index (χ1n) is 5.34. The lowest BCUT2D eigenvalue weighted by atomic mass is 10.1. The van der Waals surface area contributed by atoms with Crippen LogP contribution in [0.25, 0.3) is 0 Å². The zero-order valence-corrected chi connectivity index (χ0v) is 11.3. The highest BCUT2D eigenvalue weighted by Gasteiger charge is 2.46. The van der Waals surface area contributed by atoms with Crippen LogP contribution in [0.3, 0.4) is 0 Å². The first-order chi connectivity index (χ1) is 8.95. The SMILES string of the molecule is Cc1ccc(C(=O)NS(=O)(=O)C(C)C(F)(F)F)c(F)c1. The molecule has 1 aromatic carbocycles. The third-order valence-corrected chi connectivity index (χ3v) is 4.20. The Balaban J connectivity index is 3.01. The molecule has 112 valence electrons. The quantitative estimate of drug-likeness (QED) is 0.870. The van der Waals surface area contributed by atoms with Crippen LogP contribution < -0.4 is 4.72 Å². The minimum absolute atomic E-state index is 0.390. The van der Waals surface area contributed by atoms with Crippen molar-refractivity contribution >= 4 is 15.9 Å². The second-order valence-corrected chi connectivity index (χ2v) is 6.14. The molecule has 20 heavy (non-hydrogen) atoms. The van der Waals surface area contributed by atoms with Gasteiger partial charge in [0.25, 0.3) is 5.91 Å². The number of sulfonamides is 1. The van der Waals surface area contributed by atoms with Gasteiger partial charge in [-0.2, -0.15) is 13.2 Å². The van der Waals surface area contributed by atoms with E-state index >= 15 is 0 Å². The molecule has 0 heterocycles. The van der Waals surface area contributed by atoms with Gasteiger partial charge in [-0.3, -0.25) is 4.79 Å². The summed E-state index contributed by atoms with van der Waals surface area (Å²) in [4.78, 5) is 11.5. The van der Waals surface area contributed by atoms with E-state index in [1.54, 1.807) is 0 Å². The van der Waals surface area contributed by atoms with E-state index in [1.807, 2.05) is 0 Å². The fraction of sp³-hybridized carbons (Fsp3) is 0.364. The smallest absolute Gasteiger partial charge is 0.268 e. The van der Waals surface area contributed by atoms with E-state index in [0.717, 1.165) is 12.1 Å². The molecule has 1 amide bonds. The highest BCUT2D eigenvalue weighted by Crippen LogP contribution is 2.25. The molecule has 4 nitrogen and oxygen atoms in total. The van der Waals surface area contributed by atoms with Gasteiger partial charge in [-0.05, 0) is 31.5 Å². The monoisotopic (exact) mass is 313 g/mol. The molecule has 0 aromatic heterocycles. The molecular formula is C11H11F4NO3S. The number of nitrogens with one attached hydrogen (secondary N) is 1. The summed E-state index contributed by atoms with van der Waals surface area (Å²) in [6.07, 6.45) is -5.03. The third-order valence-electron chi connectivity index (χ3n) is 2.53. The summed E-state index contributed by atoms with van der Waals surface area (Å²) >= 11 is 0. The summed E-state index contributed by atoms with van der Waals surface area (Å²) in [6, 6.07) is 3.29. The lowest BCUT2D eigenvalue weighted by molar-refractivity contribution is -0.127. The van der Waals surface area contributed by atoms with E-state index < -0.39 is 38.7 Å². The average Bonchev–Trinajstić information content (AvgIpc) is 2.25. The van der Waals surface area contributed by atoms with Crippen LogP contribution in [-0.4, -0.2) is 25.8 Å². The van der Waals surface area contributed by atoms with Crippen LogP contribution in [0.15, 0.2) is 18.2 Å². The molecule has 0 saturated carbocycles. The number of rotatable bonds is 3. The minimum Gasteiger partial charge on any atom is -0.268 e. The predicted octanol–water partition coefficient (Wildman–Crippen LogP) is 2.14. The summed E-state index contributed by atoms with van der Waals surface area (Å²) < 4.78 is 74.4.